The number of benzene rings is 1. The molecule has 0 radical (unpaired) electrons. The van der Waals surface area contributed by atoms with Crippen LogP contribution in [0.25, 0.3) is 0 Å². The molecule has 0 bridgehead atoms. The van der Waals surface area contributed by atoms with E-state index in [0.717, 1.165) is 11.3 Å². The van der Waals surface area contributed by atoms with Crippen LogP contribution in [0.4, 0.5) is 11.4 Å². The van der Waals surface area contributed by atoms with E-state index in [4.69, 9.17) is 10.9 Å². The number of nitrogens with one attached hydrogen (secondary N) is 1. The summed E-state index contributed by atoms with van der Waals surface area (Å²) in [5.41, 5.74) is 8.33. The van der Waals surface area contributed by atoms with Crippen molar-refractivity contribution in [1.29, 1.82) is 0 Å². The molecule has 0 fully saturated rings. The van der Waals surface area contributed by atoms with Crippen LogP contribution in [0, 0.1) is 6.92 Å². The van der Waals surface area contributed by atoms with Crippen LogP contribution in [-0.4, -0.2) is 20.7 Å². The van der Waals surface area contributed by atoms with Crippen molar-refractivity contribution >= 4 is 21.4 Å². The largest absolute Gasteiger partial charge is 0.399 e. The first-order valence-corrected chi connectivity index (χ1v) is 6.70. The number of anilines is 2. The van der Waals surface area contributed by atoms with Crippen molar-refractivity contribution < 1.29 is 8.42 Å². The number of primary sulfonamides is 1. The number of aryl methyl sites for hydroxylation is 1. The highest BCUT2D eigenvalue weighted by molar-refractivity contribution is 7.89. The van der Waals surface area contributed by atoms with E-state index in [9.17, 15) is 8.42 Å². The van der Waals surface area contributed by atoms with E-state index in [1.807, 2.05) is 19.1 Å². The third-order valence-electron chi connectivity index (χ3n) is 2.17. The molecule has 1 rings (SSSR count). The fraction of sp³-hybridized carbons (Fsp3) is 0.400. The molecule has 0 saturated carbocycles. The monoisotopic (exact) mass is 243 g/mol. The Morgan fingerprint density at radius 2 is 2.06 bits per heavy atom. The summed E-state index contributed by atoms with van der Waals surface area (Å²) < 4.78 is 21.4. The average molecular weight is 243 g/mol. The molecule has 16 heavy (non-hydrogen) atoms. The molecule has 90 valence electrons. The number of nitrogen functional groups attached to an aromatic ring is 1. The highest BCUT2D eigenvalue weighted by Gasteiger charge is 2.02. The molecule has 0 saturated heterocycles. The summed E-state index contributed by atoms with van der Waals surface area (Å²) in [5, 5.41) is 8.03. The van der Waals surface area contributed by atoms with E-state index in [1.165, 1.54) is 0 Å². The summed E-state index contributed by atoms with van der Waals surface area (Å²) in [7, 11) is -3.36. The van der Waals surface area contributed by atoms with Gasteiger partial charge in [-0.2, -0.15) is 0 Å². The molecule has 1 aromatic carbocycles. The van der Waals surface area contributed by atoms with Gasteiger partial charge in [-0.25, -0.2) is 13.6 Å². The Balaban J connectivity index is 2.43. The molecule has 0 spiro atoms. The van der Waals surface area contributed by atoms with Gasteiger partial charge in [0.1, 0.15) is 0 Å². The first-order valence-electron chi connectivity index (χ1n) is 4.99. The third-order valence-corrected chi connectivity index (χ3v) is 3.03. The van der Waals surface area contributed by atoms with Gasteiger partial charge in [0.2, 0.25) is 10.0 Å². The quantitative estimate of drug-likeness (QED) is 0.523. The van der Waals surface area contributed by atoms with Crippen LogP contribution in [-0.2, 0) is 10.0 Å². The maximum atomic E-state index is 10.7. The molecule has 5 nitrogen and oxygen atoms in total. The fourth-order valence-corrected chi connectivity index (χ4v) is 1.93. The Hall–Kier alpha value is -1.27. The fourth-order valence-electron chi connectivity index (χ4n) is 1.38. The van der Waals surface area contributed by atoms with Crippen LogP contribution in [0.3, 0.4) is 0 Å². The highest BCUT2D eigenvalue weighted by Crippen LogP contribution is 2.17. The van der Waals surface area contributed by atoms with Gasteiger partial charge in [-0.05, 0) is 37.1 Å². The minimum atomic E-state index is -3.36. The Morgan fingerprint density at radius 1 is 1.38 bits per heavy atom. The lowest BCUT2D eigenvalue weighted by atomic mass is 10.2. The van der Waals surface area contributed by atoms with E-state index >= 15 is 0 Å². The lowest BCUT2D eigenvalue weighted by molar-refractivity contribution is 0.596. The van der Waals surface area contributed by atoms with Crippen molar-refractivity contribution in [2.24, 2.45) is 5.14 Å². The van der Waals surface area contributed by atoms with E-state index in [-0.39, 0.29) is 5.75 Å². The standard InChI is InChI=1S/C10H17N3O2S/c1-8-7-9(11)3-4-10(8)13-5-2-6-16(12,14)15/h3-4,7,13H,2,5-6,11H2,1H3,(H2,12,14,15). The molecule has 0 aromatic heterocycles. The molecule has 1 aromatic rings. The topological polar surface area (TPSA) is 98.2 Å². The molecule has 0 aliphatic heterocycles. The van der Waals surface area contributed by atoms with Crippen molar-refractivity contribution in [3.05, 3.63) is 23.8 Å². The maximum Gasteiger partial charge on any atom is 0.209 e. The number of sulfonamides is 1. The van der Waals surface area contributed by atoms with Crippen LogP contribution < -0.4 is 16.2 Å². The van der Waals surface area contributed by atoms with Gasteiger partial charge >= 0.3 is 0 Å². The molecule has 0 aliphatic carbocycles. The SMILES string of the molecule is Cc1cc(N)ccc1NCCCS(N)(=O)=O. The second-order valence-corrected chi connectivity index (χ2v) is 5.46. The average Bonchev–Trinajstić information content (AvgIpc) is 2.13. The number of rotatable bonds is 5. The second-order valence-electron chi connectivity index (χ2n) is 3.72. The molecule has 5 N–H and O–H groups in total. The van der Waals surface area contributed by atoms with Crippen molar-refractivity contribution in [1.82, 2.24) is 0 Å². The molecule has 0 amide bonds. The summed E-state index contributed by atoms with van der Waals surface area (Å²) in [6.07, 6.45) is 0.489. The number of hydrogen-bond acceptors (Lipinski definition) is 4. The van der Waals surface area contributed by atoms with Gasteiger partial charge in [-0.15, -0.1) is 0 Å². The smallest absolute Gasteiger partial charge is 0.209 e. The molecule has 0 unspecified atom stereocenters. The molecule has 0 heterocycles. The first-order chi connectivity index (χ1) is 7.38. The minimum absolute atomic E-state index is 0.00593. The van der Waals surface area contributed by atoms with Crippen molar-refractivity contribution in [3.8, 4) is 0 Å². The molecule has 6 heteroatoms. The molecular formula is C10H17N3O2S. The Morgan fingerprint density at radius 3 is 2.62 bits per heavy atom. The second kappa shape index (κ2) is 5.18. The van der Waals surface area contributed by atoms with Crippen molar-refractivity contribution in [2.75, 3.05) is 23.3 Å². The molecule has 0 atom stereocenters. The molecule has 0 aliphatic rings. The number of nitrogens with two attached hydrogens (primary N) is 2. The predicted octanol–water partition coefficient (Wildman–Crippen LogP) is 0.668. The van der Waals surface area contributed by atoms with E-state index in [2.05, 4.69) is 5.32 Å². The van der Waals surface area contributed by atoms with Gasteiger partial charge in [0.05, 0.1) is 5.75 Å². The number of hydrogen-bond donors (Lipinski definition) is 3. The Kier molecular flexibility index (Phi) is 4.14. The summed E-state index contributed by atoms with van der Waals surface area (Å²) in [6.45, 7) is 2.51. The zero-order valence-corrected chi connectivity index (χ0v) is 10.0. The van der Waals surface area contributed by atoms with Crippen LogP contribution in [0.15, 0.2) is 18.2 Å². The van der Waals surface area contributed by atoms with Crippen LogP contribution in [0.2, 0.25) is 0 Å². The maximum absolute atomic E-state index is 10.7. The van der Waals surface area contributed by atoms with Gasteiger partial charge in [0, 0.05) is 17.9 Å². The third kappa shape index (κ3) is 4.50. The van der Waals surface area contributed by atoms with Crippen LogP contribution >= 0.6 is 0 Å². The van der Waals surface area contributed by atoms with Gasteiger partial charge < -0.3 is 11.1 Å². The highest BCUT2D eigenvalue weighted by atomic mass is 32.2. The summed E-state index contributed by atoms with van der Waals surface area (Å²) >= 11 is 0. The van der Waals surface area contributed by atoms with Gasteiger partial charge in [0.15, 0.2) is 0 Å². The van der Waals surface area contributed by atoms with Gasteiger partial charge in [-0.3, -0.25) is 0 Å². The summed E-state index contributed by atoms with van der Waals surface area (Å²) in [6, 6.07) is 5.54. The van der Waals surface area contributed by atoms with E-state index in [0.29, 0.717) is 18.7 Å². The van der Waals surface area contributed by atoms with E-state index in [1.54, 1.807) is 6.07 Å². The van der Waals surface area contributed by atoms with Crippen LogP contribution in [0.5, 0.6) is 0 Å². The van der Waals surface area contributed by atoms with Gasteiger partial charge in [0.25, 0.3) is 0 Å². The lowest BCUT2D eigenvalue weighted by Gasteiger charge is -2.09. The zero-order chi connectivity index (χ0) is 12.2. The van der Waals surface area contributed by atoms with Crippen LogP contribution in [0.1, 0.15) is 12.0 Å². The van der Waals surface area contributed by atoms with Gasteiger partial charge in [-0.1, -0.05) is 0 Å². The first kappa shape index (κ1) is 12.8. The Bertz CT molecular complexity index is 457. The predicted molar refractivity (Wildman–Crippen MR) is 66.7 cm³/mol. The van der Waals surface area contributed by atoms with Crippen molar-refractivity contribution in [3.63, 3.8) is 0 Å². The van der Waals surface area contributed by atoms with Crippen molar-refractivity contribution in [2.45, 2.75) is 13.3 Å². The molecular weight excluding hydrogens is 226 g/mol. The lowest BCUT2D eigenvalue weighted by Crippen LogP contribution is -2.18. The zero-order valence-electron chi connectivity index (χ0n) is 9.23. The summed E-state index contributed by atoms with van der Waals surface area (Å²) in [4.78, 5) is 0. The Labute approximate surface area is 95.9 Å². The normalized spacial score (nSPS) is 11.4. The minimum Gasteiger partial charge on any atom is -0.399 e. The van der Waals surface area contributed by atoms with E-state index < -0.39 is 10.0 Å². The summed E-state index contributed by atoms with van der Waals surface area (Å²) in [5.74, 6) is -0.00593.